The molecule has 0 bridgehead atoms. The summed E-state index contributed by atoms with van der Waals surface area (Å²) in [5.74, 6) is 1.21. The molecule has 2 aliphatic heterocycles. The first-order valence-electron chi connectivity index (χ1n) is 7.22. The predicted octanol–water partition coefficient (Wildman–Crippen LogP) is 2.33. The van der Waals surface area contributed by atoms with Crippen molar-refractivity contribution in [2.24, 2.45) is 0 Å². The number of carbonyl (C=O) groups is 1. The largest absolute Gasteiger partial charge is 0.359 e. The minimum absolute atomic E-state index is 0.116. The fourth-order valence-corrected chi connectivity index (χ4v) is 3.23. The molecule has 1 amide bonds. The maximum atomic E-state index is 11.9. The van der Waals surface area contributed by atoms with Crippen LogP contribution in [0.1, 0.15) is 21.5 Å². The molecule has 4 nitrogen and oxygen atoms in total. The van der Waals surface area contributed by atoms with Gasteiger partial charge >= 0.3 is 0 Å². The van der Waals surface area contributed by atoms with Gasteiger partial charge in [-0.2, -0.15) is 0 Å². The van der Waals surface area contributed by atoms with Gasteiger partial charge in [0, 0.05) is 44.5 Å². The van der Waals surface area contributed by atoms with Crippen LogP contribution in [0.25, 0.3) is 11.1 Å². The van der Waals surface area contributed by atoms with Gasteiger partial charge in [0.15, 0.2) is 0 Å². The highest BCUT2D eigenvalue weighted by molar-refractivity contribution is 5.98. The lowest BCUT2D eigenvalue weighted by Crippen LogP contribution is -2.17. The second-order valence-electron chi connectivity index (χ2n) is 5.91. The molecule has 106 valence electrons. The highest BCUT2D eigenvalue weighted by atomic mass is 16.2. The van der Waals surface area contributed by atoms with E-state index in [2.05, 4.69) is 29.1 Å². The molecule has 21 heavy (non-hydrogen) atoms. The van der Waals surface area contributed by atoms with E-state index in [0.29, 0.717) is 6.54 Å². The summed E-state index contributed by atoms with van der Waals surface area (Å²) in [4.78, 5) is 20.5. The highest BCUT2D eigenvalue weighted by Gasteiger charge is 2.24. The zero-order valence-electron chi connectivity index (χ0n) is 12.3. The Morgan fingerprint density at radius 2 is 1.86 bits per heavy atom. The van der Waals surface area contributed by atoms with Crippen LogP contribution >= 0.6 is 0 Å². The summed E-state index contributed by atoms with van der Waals surface area (Å²) >= 11 is 0. The molecule has 0 aliphatic carbocycles. The molecule has 0 unspecified atom stereocenters. The van der Waals surface area contributed by atoms with E-state index in [0.717, 1.165) is 41.0 Å². The molecule has 2 aromatic rings. The Balaban J connectivity index is 1.76. The number of benzene rings is 1. The molecule has 1 aromatic carbocycles. The Kier molecular flexibility index (Phi) is 2.55. The fourth-order valence-electron chi connectivity index (χ4n) is 3.23. The van der Waals surface area contributed by atoms with Crippen molar-refractivity contribution in [2.45, 2.75) is 13.0 Å². The number of hydrogen-bond donors (Lipinski definition) is 0. The van der Waals surface area contributed by atoms with Gasteiger partial charge in [-0.1, -0.05) is 6.07 Å². The van der Waals surface area contributed by atoms with Crippen LogP contribution in [-0.4, -0.2) is 36.4 Å². The van der Waals surface area contributed by atoms with E-state index in [1.54, 1.807) is 4.90 Å². The number of pyridine rings is 1. The number of aromatic nitrogens is 1. The number of hydrogen-bond acceptors (Lipinski definition) is 3. The molecular formula is C17H17N3O. The van der Waals surface area contributed by atoms with Gasteiger partial charge in [0.05, 0.1) is 0 Å². The SMILES string of the molecule is CN1Cc2cc(-c3cnc4c(c3)CCN4C)ccc2C1=O. The van der Waals surface area contributed by atoms with Gasteiger partial charge in [0.2, 0.25) is 0 Å². The average Bonchev–Trinajstić information content (AvgIpc) is 3.00. The van der Waals surface area contributed by atoms with Crippen molar-refractivity contribution in [2.75, 3.05) is 25.5 Å². The molecule has 0 saturated heterocycles. The van der Waals surface area contributed by atoms with Crippen LogP contribution in [0.15, 0.2) is 30.5 Å². The molecule has 0 fully saturated rings. The van der Waals surface area contributed by atoms with Gasteiger partial charge in [-0.05, 0) is 41.3 Å². The number of nitrogens with zero attached hydrogens (tertiary/aromatic N) is 3. The van der Waals surface area contributed by atoms with Crippen molar-refractivity contribution in [1.29, 1.82) is 0 Å². The second kappa shape index (κ2) is 4.32. The van der Waals surface area contributed by atoms with Gasteiger partial charge in [-0.15, -0.1) is 0 Å². The molecule has 4 rings (SSSR count). The fraction of sp³-hybridized carbons (Fsp3) is 0.294. The number of anilines is 1. The molecular weight excluding hydrogens is 262 g/mol. The van der Waals surface area contributed by atoms with E-state index < -0.39 is 0 Å². The molecule has 4 heteroatoms. The zero-order chi connectivity index (χ0) is 14.6. The lowest BCUT2D eigenvalue weighted by atomic mass is 10.0. The first-order chi connectivity index (χ1) is 10.1. The first-order valence-corrected chi connectivity index (χ1v) is 7.22. The van der Waals surface area contributed by atoms with E-state index >= 15 is 0 Å². The van der Waals surface area contributed by atoms with E-state index in [9.17, 15) is 4.79 Å². The lowest BCUT2D eigenvalue weighted by Gasteiger charge is -2.11. The maximum absolute atomic E-state index is 11.9. The van der Waals surface area contributed by atoms with Crippen molar-refractivity contribution in [1.82, 2.24) is 9.88 Å². The molecule has 2 aliphatic rings. The quantitative estimate of drug-likeness (QED) is 0.804. The van der Waals surface area contributed by atoms with Crippen LogP contribution in [-0.2, 0) is 13.0 Å². The monoisotopic (exact) mass is 279 g/mol. The summed E-state index contributed by atoms with van der Waals surface area (Å²) in [6.45, 7) is 1.73. The number of carbonyl (C=O) groups excluding carboxylic acids is 1. The van der Waals surface area contributed by atoms with E-state index in [1.165, 1.54) is 5.56 Å². The summed E-state index contributed by atoms with van der Waals surface area (Å²) in [7, 11) is 3.92. The van der Waals surface area contributed by atoms with Gasteiger partial charge in [0.25, 0.3) is 5.91 Å². The van der Waals surface area contributed by atoms with Crippen LogP contribution in [0.2, 0.25) is 0 Å². The highest BCUT2D eigenvalue weighted by Crippen LogP contribution is 2.31. The summed E-state index contributed by atoms with van der Waals surface area (Å²) < 4.78 is 0. The number of rotatable bonds is 1. The molecule has 0 radical (unpaired) electrons. The minimum atomic E-state index is 0.116. The second-order valence-corrected chi connectivity index (χ2v) is 5.91. The lowest BCUT2D eigenvalue weighted by molar-refractivity contribution is 0.0816. The van der Waals surface area contributed by atoms with Gasteiger partial charge < -0.3 is 9.80 Å². The van der Waals surface area contributed by atoms with Gasteiger partial charge in [0.1, 0.15) is 5.82 Å². The van der Waals surface area contributed by atoms with Crippen molar-refractivity contribution in [3.63, 3.8) is 0 Å². The number of fused-ring (bicyclic) bond motifs is 2. The summed E-state index contributed by atoms with van der Waals surface area (Å²) in [6, 6.07) is 8.32. The number of likely N-dealkylation sites (N-methyl/N-ethyl adjacent to an activating group) is 1. The van der Waals surface area contributed by atoms with E-state index in [-0.39, 0.29) is 5.91 Å². The Morgan fingerprint density at radius 1 is 1.05 bits per heavy atom. The van der Waals surface area contributed by atoms with Crippen LogP contribution < -0.4 is 4.90 Å². The first kappa shape index (κ1) is 12.4. The van der Waals surface area contributed by atoms with Crippen LogP contribution in [0.4, 0.5) is 5.82 Å². The minimum Gasteiger partial charge on any atom is -0.359 e. The Morgan fingerprint density at radius 3 is 2.71 bits per heavy atom. The molecule has 0 atom stereocenters. The van der Waals surface area contributed by atoms with E-state index in [4.69, 9.17) is 0 Å². The predicted molar refractivity (Wildman–Crippen MR) is 82.4 cm³/mol. The Hall–Kier alpha value is -2.36. The van der Waals surface area contributed by atoms with Crippen molar-refractivity contribution < 1.29 is 4.79 Å². The third-order valence-corrected chi connectivity index (χ3v) is 4.44. The molecule has 1 aromatic heterocycles. The Bertz CT molecular complexity index is 754. The molecule has 3 heterocycles. The number of amides is 1. The normalized spacial score (nSPS) is 16.4. The summed E-state index contributed by atoms with van der Waals surface area (Å²) in [5.41, 5.74) is 5.52. The molecule has 0 N–H and O–H groups in total. The zero-order valence-corrected chi connectivity index (χ0v) is 12.3. The Labute approximate surface area is 124 Å². The smallest absolute Gasteiger partial charge is 0.254 e. The van der Waals surface area contributed by atoms with Crippen molar-refractivity contribution >= 4 is 11.7 Å². The van der Waals surface area contributed by atoms with Gasteiger partial charge in [-0.25, -0.2) is 4.98 Å². The third-order valence-electron chi connectivity index (χ3n) is 4.44. The topological polar surface area (TPSA) is 36.4 Å². The average molecular weight is 279 g/mol. The van der Waals surface area contributed by atoms with E-state index in [1.807, 2.05) is 25.4 Å². The van der Waals surface area contributed by atoms with Gasteiger partial charge in [-0.3, -0.25) is 4.79 Å². The van der Waals surface area contributed by atoms with Crippen LogP contribution in [0.5, 0.6) is 0 Å². The van der Waals surface area contributed by atoms with Crippen molar-refractivity contribution in [3.8, 4) is 11.1 Å². The van der Waals surface area contributed by atoms with Crippen LogP contribution in [0.3, 0.4) is 0 Å². The standard InChI is InChI=1S/C17H17N3O/c1-19-6-5-12-8-13(9-18-16(12)19)11-3-4-15-14(7-11)10-20(2)17(15)21/h3-4,7-9H,5-6,10H2,1-2H3. The van der Waals surface area contributed by atoms with Crippen LogP contribution in [0, 0.1) is 0 Å². The molecule has 0 saturated carbocycles. The maximum Gasteiger partial charge on any atom is 0.254 e. The summed E-state index contributed by atoms with van der Waals surface area (Å²) in [6.07, 6.45) is 2.99. The summed E-state index contributed by atoms with van der Waals surface area (Å²) in [5, 5.41) is 0. The third kappa shape index (κ3) is 1.82. The molecule has 0 spiro atoms. The van der Waals surface area contributed by atoms with Crippen molar-refractivity contribution in [3.05, 3.63) is 47.2 Å².